The summed E-state index contributed by atoms with van der Waals surface area (Å²) in [5, 5.41) is 9.75. The summed E-state index contributed by atoms with van der Waals surface area (Å²) in [5.74, 6) is 0.729. The first-order valence-electron chi connectivity index (χ1n) is 13.0. The molecule has 208 valence electrons. The number of nitrogens with zero attached hydrogens (tertiary/aromatic N) is 4. The minimum absolute atomic E-state index is 0.211. The van der Waals surface area contributed by atoms with Crippen LogP contribution in [0.25, 0.3) is 10.2 Å². The second-order valence-electron chi connectivity index (χ2n) is 9.77. The predicted octanol–water partition coefficient (Wildman–Crippen LogP) is 4.46. The summed E-state index contributed by atoms with van der Waals surface area (Å²) >= 11 is 1.21. The number of hydrogen-bond donors (Lipinski definition) is 3. The zero-order valence-electron chi connectivity index (χ0n) is 22.4. The van der Waals surface area contributed by atoms with Crippen molar-refractivity contribution in [3.05, 3.63) is 77.6 Å². The lowest BCUT2D eigenvalue weighted by Gasteiger charge is -2.33. The van der Waals surface area contributed by atoms with Crippen molar-refractivity contribution < 1.29 is 19.1 Å². The van der Waals surface area contributed by atoms with E-state index in [0.717, 1.165) is 11.3 Å². The lowest BCUT2D eigenvalue weighted by molar-refractivity contribution is -0.127. The van der Waals surface area contributed by atoms with Gasteiger partial charge in [0.05, 0.1) is 40.9 Å². The number of nitrogens with one attached hydrogen (secondary N) is 3. The summed E-state index contributed by atoms with van der Waals surface area (Å²) in [7, 11) is 0. The van der Waals surface area contributed by atoms with Gasteiger partial charge in [-0.2, -0.15) is 0 Å². The Morgan fingerprint density at radius 3 is 2.80 bits per heavy atom. The Labute approximate surface area is 239 Å². The zero-order chi connectivity index (χ0) is 28.7. The fraction of sp³-hybridized carbons (Fsp3) is 0.207. The van der Waals surface area contributed by atoms with Crippen LogP contribution < -0.4 is 25.6 Å². The number of carbonyl (C=O) groups excluding carboxylic acids is 3. The van der Waals surface area contributed by atoms with E-state index >= 15 is 0 Å². The summed E-state index contributed by atoms with van der Waals surface area (Å²) in [6.45, 7) is 8.57. The molecule has 4 aromatic rings. The van der Waals surface area contributed by atoms with Crippen molar-refractivity contribution in [1.82, 2.24) is 25.5 Å². The molecule has 4 amide bonds. The largest absolute Gasteiger partial charge is 0.455 e. The van der Waals surface area contributed by atoms with Gasteiger partial charge in [-0.1, -0.05) is 6.58 Å². The second kappa shape index (κ2) is 10.6. The molecule has 12 heteroatoms. The fourth-order valence-electron chi connectivity index (χ4n) is 5.04. The van der Waals surface area contributed by atoms with Crippen LogP contribution >= 0.6 is 11.3 Å². The van der Waals surface area contributed by atoms with E-state index < -0.39 is 0 Å². The van der Waals surface area contributed by atoms with E-state index in [1.165, 1.54) is 17.4 Å². The Balaban J connectivity index is 1.29. The van der Waals surface area contributed by atoms with E-state index in [2.05, 4.69) is 32.5 Å². The fourth-order valence-corrected chi connectivity index (χ4v) is 6.07. The van der Waals surface area contributed by atoms with Crippen LogP contribution in [0.15, 0.2) is 61.4 Å². The Morgan fingerprint density at radius 1 is 1.17 bits per heavy atom. The molecule has 1 atom stereocenters. The topological polar surface area (TPSA) is 129 Å². The van der Waals surface area contributed by atoms with E-state index in [0.29, 0.717) is 63.4 Å². The highest BCUT2D eigenvalue weighted by Gasteiger charge is 2.34. The van der Waals surface area contributed by atoms with Gasteiger partial charge in [0.25, 0.3) is 5.91 Å². The van der Waals surface area contributed by atoms with Gasteiger partial charge in [-0.25, -0.2) is 9.78 Å². The van der Waals surface area contributed by atoms with Crippen molar-refractivity contribution in [3.63, 3.8) is 0 Å². The summed E-state index contributed by atoms with van der Waals surface area (Å²) in [6, 6.07) is 10.2. The first-order chi connectivity index (χ1) is 19.8. The number of thiophene rings is 1. The summed E-state index contributed by atoms with van der Waals surface area (Å²) < 4.78 is 6.03. The highest BCUT2D eigenvalue weighted by molar-refractivity contribution is 7.21. The van der Waals surface area contributed by atoms with Gasteiger partial charge >= 0.3 is 6.03 Å². The molecule has 0 aliphatic carbocycles. The number of urea groups is 1. The van der Waals surface area contributed by atoms with Gasteiger partial charge in [0.1, 0.15) is 21.2 Å². The Morgan fingerprint density at radius 2 is 2.02 bits per heavy atom. The number of carbonyl (C=O) groups is 3. The molecule has 0 bridgehead atoms. The smallest absolute Gasteiger partial charge is 0.331 e. The number of aryl methyl sites for hydroxylation is 2. The van der Waals surface area contributed by atoms with Crippen LogP contribution in [-0.4, -0.2) is 58.5 Å². The average molecular weight is 570 g/mol. The van der Waals surface area contributed by atoms with E-state index in [1.807, 2.05) is 38.1 Å². The molecule has 3 aromatic heterocycles. The molecule has 6 rings (SSSR count). The molecular weight excluding hydrogens is 542 g/mol. The van der Waals surface area contributed by atoms with Gasteiger partial charge < -0.3 is 20.3 Å². The second-order valence-corrected chi connectivity index (χ2v) is 10.8. The van der Waals surface area contributed by atoms with Gasteiger partial charge in [0.15, 0.2) is 0 Å². The standard InChI is InChI=1S/C29H27N7O4S/c1-4-23(37)35-14-18(13-30-15-35)33-27(38)26-25-24-21(9-11-32-28(24)41-26)36(29(39)34-25)20-8-7-19(12-16(20)2)40-22-6-5-10-31-17(22)3/h4-12,18,30H,1,13-15H2,2-3H3,(H,33,38)(H,34,39)/t18-/m1/s1. The van der Waals surface area contributed by atoms with Gasteiger partial charge in [-0.05, 0) is 61.9 Å². The van der Waals surface area contributed by atoms with Crippen LogP contribution in [0.3, 0.4) is 0 Å². The third-order valence-electron chi connectivity index (χ3n) is 7.00. The molecule has 3 N–H and O–H groups in total. The van der Waals surface area contributed by atoms with Crippen molar-refractivity contribution in [2.24, 2.45) is 0 Å². The van der Waals surface area contributed by atoms with Crippen LogP contribution in [0.5, 0.6) is 11.5 Å². The minimum Gasteiger partial charge on any atom is -0.455 e. The van der Waals surface area contributed by atoms with E-state index in [1.54, 1.807) is 34.3 Å². The van der Waals surface area contributed by atoms with Crippen molar-refractivity contribution in [2.75, 3.05) is 30.0 Å². The molecule has 1 saturated heterocycles. The Kier molecular flexibility index (Phi) is 6.85. The zero-order valence-corrected chi connectivity index (χ0v) is 23.2. The van der Waals surface area contributed by atoms with Gasteiger partial charge in [0, 0.05) is 25.5 Å². The number of rotatable bonds is 6. The van der Waals surface area contributed by atoms with Gasteiger partial charge in [-0.3, -0.25) is 24.8 Å². The maximum absolute atomic E-state index is 13.5. The van der Waals surface area contributed by atoms with Crippen LogP contribution in [-0.2, 0) is 4.79 Å². The van der Waals surface area contributed by atoms with Crippen LogP contribution in [0.4, 0.5) is 21.9 Å². The van der Waals surface area contributed by atoms with E-state index in [-0.39, 0.29) is 23.9 Å². The van der Waals surface area contributed by atoms with Gasteiger partial charge in [0.2, 0.25) is 5.91 Å². The maximum atomic E-state index is 13.5. The molecule has 0 spiro atoms. The number of ether oxygens (including phenoxy) is 1. The third kappa shape index (κ3) is 4.87. The predicted molar refractivity (Wildman–Crippen MR) is 157 cm³/mol. The minimum atomic E-state index is -0.389. The van der Waals surface area contributed by atoms with E-state index in [9.17, 15) is 14.4 Å². The monoisotopic (exact) mass is 569 g/mol. The molecule has 5 heterocycles. The normalized spacial score (nSPS) is 16.3. The first kappa shape index (κ1) is 26.4. The maximum Gasteiger partial charge on any atom is 0.331 e. The van der Waals surface area contributed by atoms with Crippen molar-refractivity contribution in [3.8, 4) is 11.5 Å². The Hall–Kier alpha value is -4.81. The molecule has 41 heavy (non-hydrogen) atoms. The van der Waals surface area contributed by atoms with Crippen LogP contribution in [0.1, 0.15) is 20.9 Å². The quantitative estimate of drug-likeness (QED) is 0.293. The molecule has 0 saturated carbocycles. The molecular formula is C29H27N7O4S. The number of anilines is 3. The average Bonchev–Trinajstić information content (AvgIpc) is 3.34. The number of benzene rings is 1. The molecule has 1 aromatic carbocycles. The summed E-state index contributed by atoms with van der Waals surface area (Å²) in [4.78, 5) is 51.9. The molecule has 0 radical (unpaired) electrons. The van der Waals surface area contributed by atoms with Crippen molar-refractivity contribution >= 4 is 56.5 Å². The third-order valence-corrected chi connectivity index (χ3v) is 8.10. The molecule has 2 aliphatic rings. The van der Waals surface area contributed by atoms with E-state index in [4.69, 9.17) is 4.74 Å². The highest BCUT2D eigenvalue weighted by Crippen LogP contribution is 2.46. The highest BCUT2D eigenvalue weighted by atomic mass is 32.1. The van der Waals surface area contributed by atoms with Crippen LogP contribution in [0.2, 0.25) is 0 Å². The summed E-state index contributed by atoms with van der Waals surface area (Å²) in [6.07, 6.45) is 4.59. The van der Waals surface area contributed by atoms with Crippen molar-refractivity contribution in [1.29, 1.82) is 0 Å². The van der Waals surface area contributed by atoms with Crippen molar-refractivity contribution in [2.45, 2.75) is 19.9 Å². The number of hydrogen-bond acceptors (Lipinski definition) is 8. The number of amides is 4. The SMILES string of the molecule is C=CC(=O)N1CNC[C@@H](NC(=O)c2sc3nccc4c3c2NC(=O)N4c2ccc(Oc3cccnc3C)cc2C)C1. The van der Waals surface area contributed by atoms with Crippen LogP contribution in [0, 0.1) is 13.8 Å². The number of aromatic nitrogens is 2. The molecule has 0 unspecified atom stereocenters. The molecule has 11 nitrogen and oxygen atoms in total. The Bertz CT molecular complexity index is 1720. The lowest BCUT2D eigenvalue weighted by atomic mass is 10.1. The molecule has 2 aliphatic heterocycles. The summed E-state index contributed by atoms with van der Waals surface area (Å²) in [5.41, 5.74) is 3.33. The number of pyridine rings is 2. The lowest BCUT2D eigenvalue weighted by Crippen LogP contribution is -2.57. The molecule has 1 fully saturated rings. The first-order valence-corrected chi connectivity index (χ1v) is 13.8. The van der Waals surface area contributed by atoms with Gasteiger partial charge in [-0.15, -0.1) is 11.3 Å².